The zero-order valence-electron chi connectivity index (χ0n) is 14.1. The summed E-state index contributed by atoms with van der Waals surface area (Å²) in [6.45, 7) is 11.0. The highest BCUT2D eigenvalue weighted by molar-refractivity contribution is 4.85. The van der Waals surface area contributed by atoms with Gasteiger partial charge in [0.25, 0.3) is 0 Å². The highest BCUT2D eigenvalue weighted by atomic mass is 16.5. The largest absolute Gasteiger partial charge is 0.383 e. The molecule has 0 spiro atoms. The smallest absolute Gasteiger partial charge is 0.0589 e. The highest BCUT2D eigenvalue weighted by Crippen LogP contribution is 2.35. The van der Waals surface area contributed by atoms with Gasteiger partial charge in [0.2, 0.25) is 0 Å². The van der Waals surface area contributed by atoms with Crippen LogP contribution in [0.4, 0.5) is 0 Å². The molecule has 2 atom stereocenters. The van der Waals surface area contributed by atoms with Gasteiger partial charge in [-0.25, -0.2) is 0 Å². The molecule has 0 radical (unpaired) electrons. The van der Waals surface area contributed by atoms with Gasteiger partial charge in [0.1, 0.15) is 0 Å². The van der Waals surface area contributed by atoms with Gasteiger partial charge in [0.15, 0.2) is 0 Å². The maximum atomic E-state index is 5.73. The number of rotatable bonds is 12. The van der Waals surface area contributed by atoms with Gasteiger partial charge < -0.3 is 10.5 Å². The van der Waals surface area contributed by atoms with Crippen molar-refractivity contribution in [2.24, 2.45) is 23.5 Å². The molecule has 0 aliphatic heterocycles. The van der Waals surface area contributed by atoms with Gasteiger partial charge in [0, 0.05) is 19.7 Å². The standard InChI is InChI=1S/C17H36N2O/c1-14(2)16(9-10-18)6-5-11-19(12-13-20-4)15(3)17-7-8-17/h14-17H,5-13,18H2,1-4H3. The average Bonchev–Trinajstić information content (AvgIpc) is 3.24. The summed E-state index contributed by atoms with van der Waals surface area (Å²) >= 11 is 0. The van der Waals surface area contributed by atoms with E-state index in [1.54, 1.807) is 7.11 Å². The Labute approximate surface area is 126 Å². The fourth-order valence-electron chi connectivity index (χ4n) is 3.19. The van der Waals surface area contributed by atoms with E-state index in [0.29, 0.717) is 0 Å². The molecule has 0 saturated heterocycles. The van der Waals surface area contributed by atoms with E-state index in [2.05, 4.69) is 25.7 Å². The number of hydrogen-bond acceptors (Lipinski definition) is 3. The zero-order chi connectivity index (χ0) is 15.0. The summed E-state index contributed by atoms with van der Waals surface area (Å²) in [5, 5.41) is 0. The minimum Gasteiger partial charge on any atom is -0.383 e. The van der Waals surface area contributed by atoms with Crippen molar-refractivity contribution in [1.82, 2.24) is 4.90 Å². The molecular weight excluding hydrogens is 248 g/mol. The van der Waals surface area contributed by atoms with Crippen LogP contribution in [0, 0.1) is 17.8 Å². The Morgan fingerprint density at radius 1 is 1.15 bits per heavy atom. The van der Waals surface area contributed by atoms with Crippen LogP contribution in [0.5, 0.6) is 0 Å². The second-order valence-electron chi connectivity index (χ2n) is 6.83. The number of nitrogens with two attached hydrogens (primary N) is 1. The fraction of sp³-hybridized carbons (Fsp3) is 1.00. The van der Waals surface area contributed by atoms with Crippen LogP contribution in [0.3, 0.4) is 0 Å². The molecule has 0 bridgehead atoms. The van der Waals surface area contributed by atoms with Crippen molar-refractivity contribution in [3.8, 4) is 0 Å². The van der Waals surface area contributed by atoms with Crippen molar-refractivity contribution in [3.63, 3.8) is 0 Å². The SMILES string of the molecule is COCCN(CCCC(CCN)C(C)C)C(C)C1CC1. The Morgan fingerprint density at radius 3 is 2.35 bits per heavy atom. The first-order valence-corrected chi connectivity index (χ1v) is 8.53. The zero-order valence-corrected chi connectivity index (χ0v) is 14.1. The van der Waals surface area contributed by atoms with Crippen LogP contribution in [0.25, 0.3) is 0 Å². The van der Waals surface area contributed by atoms with E-state index in [0.717, 1.165) is 43.5 Å². The summed E-state index contributed by atoms with van der Waals surface area (Å²) in [7, 11) is 1.80. The third-order valence-electron chi connectivity index (χ3n) is 4.96. The molecule has 0 heterocycles. The Bertz CT molecular complexity index is 241. The first-order valence-electron chi connectivity index (χ1n) is 8.53. The summed E-state index contributed by atoms with van der Waals surface area (Å²) < 4.78 is 5.27. The van der Waals surface area contributed by atoms with Crippen molar-refractivity contribution < 1.29 is 4.74 Å². The number of hydrogen-bond donors (Lipinski definition) is 1. The van der Waals surface area contributed by atoms with E-state index in [-0.39, 0.29) is 0 Å². The summed E-state index contributed by atoms with van der Waals surface area (Å²) in [6, 6.07) is 0.733. The Balaban J connectivity index is 2.32. The summed E-state index contributed by atoms with van der Waals surface area (Å²) in [4.78, 5) is 2.64. The van der Waals surface area contributed by atoms with Crippen LogP contribution in [0.15, 0.2) is 0 Å². The Morgan fingerprint density at radius 2 is 1.85 bits per heavy atom. The molecule has 1 aliphatic carbocycles. The molecule has 3 nitrogen and oxygen atoms in total. The molecule has 0 aromatic carbocycles. The van der Waals surface area contributed by atoms with Gasteiger partial charge in [-0.3, -0.25) is 4.90 Å². The van der Waals surface area contributed by atoms with E-state index >= 15 is 0 Å². The summed E-state index contributed by atoms with van der Waals surface area (Å²) in [6.07, 6.45) is 6.63. The van der Waals surface area contributed by atoms with Gasteiger partial charge in [-0.15, -0.1) is 0 Å². The fourth-order valence-corrected chi connectivity index (χ4v) is 3.19. The quantitative estimate of drug-likeness (QED) is 0.598. The lowest BCUT2D eigenvalue weighted by molar-refractivity contribution is 0.113. The second kappa shape index (κ2) is 9.75. The lowest BCUT2D eigenvalue weighted by Gasteiger charge is -2.30. The average molecular weight is 284 g/mol. The van der Waals surface area contributed by atoms with Gasteiger partial charge in [-0.1, -0.05) is 13.8 Å². The summed E-state index contributed by atoms with van der Waals surface area (Å²) in [5.74, 6) is 2.49. The van der Waals surface area contributed by atoms with Crippen LogP contribution in [0.2, 0.25) is 0 Å². The molecule has 1 aliphatic rings. The van der Waals surface area contributed by atoms with E-state index in [1.807, 2.05) is 0 Å². The maximum absolute atomic E-state index is 5.73. The van der Waals surface area contributed by atoms with E-state index in [9.17, 15) is 0 Å². The van der Waals surface area contributed by atoms with Crippen LogP contribution >= 0.6 is 0 Å². The second-order valence-corrected chi connectivity index (χ2v) is 6.83. The highest BCUT2D eigenvalue weighted by Gasteiger charge is 2.31. The minimum absolute atomic E-state index is 0.733. The first-order chi connectivity index (χ1) is 9.60. The van der Waals surface area contributed by atoms with Crippen LogP contribution in [-0.4, -0.2) is 44.3 Å². The molecule has 2 unspecified atom stereocenters. The van der Waals surface area contributed by atoms with Gasteiger partial charge >= 0.3 is 0 Å². The predicted octanol–water partition coefficient (Wildman–Crippen LogP) is 3.13. The number of ether oxygens (including phenoxy) is 1. The topological polar surface area (TPSA) is 38.5 Å². The van der Waals surface area contributed by atoms with Crippen molar-refractivity contribution in [2.75, 3.05) is 33.4 Å². The third kappa shape index (κ3) is 6.55. The van der Waals surface area contributed by atoms with Gasteiger partial charge in [-0.2, -0.15) is 0 Å². The molecular formula is C17H36N2O. The number of nitrogens with zero attached hydrogens (tertiary/aromatic N) is 1. The minimum atomic E-state index is 0.733. The molecule has 0 aromatic rings. The van der Waals surface area contributed by atoms with Crippen LogP contribution in [-0.2, 0) is 4.74 Å². The van der Waals surface area contributed by atoms with Crippen molar-refractivity contribution in [3.05, 3.63) is 0 Å². The predicted molar refractivity (Wildman–Crippen MR) is 86.9 cm³/mol. The van der Waals surface area contributed by atoms with E-state index in [1.165, 1.54) is 38.6 Å². The Hall–Kier alpha value is -0.120. The molecule has 2 N–H and O–H groups in total. The molecule has 0 amide bonds. The molecule has 20 heavy (non-hydrogen) atoms. The van der Waals surface area contributed by atoms with E-state index < -0.39 is 0 Å². The lowest BCUT2D eigenvalue weighted by atomic mass is 9.88. The lowest BCUT2D eigenvalue weighted by Crippen LogP contribution is -2.38. The normalized spacial score (nSPS) is 18.8. The summed E-state index contributed by atoms with van der Waals surface area (Å²) in [5.41, 5.74) is 5.73. The third-order valence-corrected chi connectivity index (χ3v) is 4.96. The van der Waals surface area contributed by atoms with Crippen molar-refractivity contribution in [1.29, 1.82) is 0 Å². The Kier molecular flexibility index (Phi) is 8.74. The van der Waals surface area contributed by atoms with Crippen molar-refractivity contribution >= 4 is 0 Å². The maximum Gasteiger partial charge on any atom is 0.0589 e. The molecule has 3 heteroatoms. The molecule has 0 aromatic heterocycles. The monoisotopic (exact) mass is 284 g/mol. The van der Waals surface area contributed by atoms with Crippen molar-refractivity contribution in [2.45, 2.75) is 58.9 Å². The molecule has 120 valence electrons. The van der Waals surface area contributed by atoms with Gasteiger partial charge in [0.05, 0.1) is 6.61 Å². The first kappa shape index (κ1) is 17.9. The molecule has 1 saturated carbocycles. The number of methoxy groups -OCH3 is 1. The van der Waals surface area contributed by atoms with Gasteiger partial charge in [-0.05, 0) is 69.9 Å². The van der Waals surface area contributed by atoms with Crippen LogP contribution in [0.1, 0.15) is 52.9 Å². The van der Waals surface area contributed by atoms with E-state index in [4.69, 9.17) is 10.5 Å². The van der Waals surface area contributed by atoms with Crippen LogP contribution < -0.4 is 5.73 Å². The molecule has 1 fully saturated rings. The molecule has 1 rings (SSSR count).